The normalized spacial score (nSPS) is 11.4. The topological polar surface area (TPSA) is 101 Å². The lowest BCUT2D eigenvalue weighted by Gasteiger charge is -2.21. The standard InChI is InChI=1S/C22H27N5O3/c1-14-8-9-17(30-5)16(11-14)27-19(12-18(26-27)22(2,3)13-23-4)25-20-15(21(28)29)7-6-10-24-20/h6-12,23H,13H2,1-5H3,(H,24,25)(H,28,29). The van der Waals surface area contributed by atoms with Gasteiger partial charge >= 0.3 is 5.97 Å². The van der Waals surface area contributed by atoms with E-state index in [1.54, 1.807) is 24.1 Å². The molecule has 3 N–H and O–H groups in total. The molecule has 0 fully saturated rings. The van der Waals surface area contributed by atoms with Crippen molar-refractivity contribution < 1.29 is 14.6 Å². The first-order valence-electron chi connectivity index (χ1n) is 9.62. The average molecular weight is 409 g/mol. The molecule has 0 aliphatic heterocycles. The van der Waals surface area contributed by atoms with Gasteiger partial charge in [-0.15, -0.1) is 0 Å². The summed E-state index contributed by atoms with van der Waals surface area (Å²) in [6, 6.07) is 10.8. The fourth-order valence-corrected chi connectivity index (χ4v) is 3.28. The molecule has 1 aromatic carbocycles. The number of rotatable bonds is 8. The number of hydrogen-bond acceptors (Lipinski definition) is 6. The molecule has 0 aliphatic rings. The van der Waals surface area contributed by atoms with Gasteiger partial charge in [0.25, 0.3) is 0 Å². The number of carboxylic acid groups (broad SMARTS) is 1. The van der Waals surface area contributed by atoms with Gasteiger partial charge in [0.1, 0.15) is 28.6 Å². The summed E-state index contributed by atoms with van der Waals surface area (Å²) in [5, 5.41) is 20.7. The molecule has 0 spiro atoms. The SMILES string of the molecule is CNCC(C)(C)c1cc(Nc2ncccc2C(=O)O)n(-c2cc(C)ccc2OC)n1. The van der Waals surface area contributed by atoms with Crippen molar-refractivity contribution in [2.45, 2.75) is 26.2 Å². The number of benzene rings is 1. The molecule has 3 rings (SSSR count). The third kappa shape index (κ3) is 4.28. The van der Waals surface area contributed by atoms with Crippen molar-refractivity contribution >= 4 is 17.6 Å². The van der Waals surface area contributed by atoms with E-state index in [4.69, 9.17) is 9.84 Å². The maximum absolute atomic E-state index is 11.6. The smallest absolute Gasteiger partial charge is 0.339 e. The van der Waals surface area contributed by atoms with Crippen LogP contribution in [0.25, 0.3) is 5.69 Å². The second kappa shape index (κ2) is 8.54. The predicted octanol–water partition coefficient (Wildman–Crippen LogP) is 3.52. The van der Waals surface area contributed by atoms with Crippen molar-refractivity contribution in [1.82, 2.24) is 20.1 Å². The van der Waals surface area contributed by atoms with Gasteiger partial charge in [-0.2, -0.15) is 5.10 Å². The molecule has 0 atom stereocenters. The van der Waals surface area contributed by atoms with E-state index < -0.39 is 5.97 Å². The monoisotopic (exact) mass is 409 g/mol. The molecule has 0 unspecified atom stereocenters. The summed E-state index contributed by atoms with van der Waals surface area (Å²) in [7, 11) is 3.51. The zero-order valence-electron chi connectivity index (χ0n) is 17.9. The van der Waals surface area contributed by atoms with Crippen molar-refractivity contribution in [3.8, 4) is 11.4 Å². The van der Waals surface area contributed by atoms with Crippen molar-refractivity contribution in [3.05, 3.63) is 59.4 Å². The number of likely N-dealkylation sites (N-methyl/N-ethyl adjacent to an activating group) is 1. The molecule has 2 aromatic heterocycles. The van der Waals surface area contributed by atoms with Gasteiger partial charge in [0, 0.05) is 24.2 Å². The number of anilines is 2. The van der Waals surface area contributed by atoms with E-state index in [-0.39, 0.29) is 16.8 Å². The number of aryl methyl sites for hydroxylation is 1. The minimum Gasteiger partial charge on any atom is -0.494 e. The molecule has 0 bridgehead atoms. The van der Waals surface area contributed by atoms with Crippen LogP contribution < -0.4 is 15.4 Å². The lowest BCUT2D eigenvalue weighted by molar-refractivity contribution is 0.0697. The first-order chi connectivity index (χ1) is 14.3. The Balaban J connectivity index is 2.18. The summed E-state index contributed by atoms with van der Waals surface area (Å²) < 4.78 is 7.29. The fraction of sp³-hybridized carbons (Fsp3) is 0.318. The Morgan fingerprint density at radius 2 is 2.03 bits per heavy atom. The van der Waals surface area contributed by atoms with Crippen LogP contribution >= 0.6 is 0 Å². The third-order valence-corrected chi connectivity index (χ3v) is 4.87. The van der Waals surface area contributed by atoms with Gasteiger partial charge < -0.3 is 20.5 Å². The number of aromatic nitrogens is 3. The molecule has 0 radical (unpaired) electrons. The Morgan fingerprint density at radius 3 is 2.70 bits per heavy atom. The van der Waals surface area contributed by atoms with Crippen LogP contribution in [-0.4, -0.2) is 46.5 Å². The number of ether oxygens (including phenoxy) is 1. The quantitative estimate of drug-likeness (QED) is 0.523. The Hall–Kier alpha value is -3.39. The maximum Gasteiger partial charge on any atom is 0.339 e. The molecule has 2 heterocycles. The van der Waals surface area contributed by atoms with Crippen LogP contribution in [0, 0.1) is 6.92 Å². The summed E-state index contributed by atoms with van der Waals surface area (Å²) in [6.45, 7) is 6.90. The highest BCUT2D eigenvalue weighted by molar-refractivity contribution is 5.93. The number of carboxylic acids is 1. The largest absolute Gasteiger partial charge is 0.494 e. The Labute approximate surface area is 175 Å². The second-order valence-corrected chi connectivity index (χ2v) is 7.75. The Morgan fingerprint density at radius 1 is 1.27 bits per heavy atom. The first-order valence-corrected chi connectivity index (χ1v) is 9.62. The Bertz CT molecular complexity index is 1060. The van der Waals surface area contributed by atoms with Crippen LogP contribution in [0.1, 0.15) is 35.5 Å². The molecule has 0 saturated carbocycles. The van der Waals surface area contributed by atoms with Gasteiger partial charge in [-0.1, -0.05) is 19.9 Å². The van der Waals surface area contributed by atoms with Crippen LogP contribution in [-0.2, 0) is 5.41 Å². The number of methoxy groups -OCH3 is 1. The van der Waals surface area contributed by atoms with Gasteiger partial charge in [-0.05, 0) is 43.8 Å². The highest BCUT2D eigenvalue weighted by Gasteiger charge is 2.26. The van der Waals surface area contributed by atoms with Gasteiger partial charge in [-0.25, -0.2) is 14.5 Å². The van der Waals surface area contributed by atoms with Crippen LogP contribution in [0.5, 0.6) is 5.75 Å². The van der Waals surface area contributed by atoms with Gasteiger partial charge in [0.15, 0.2) is 0 Å². The lowest BCUT2D eigenvalue weighted by Crippen LogP contribution is -2.31. The predicted molar refractivity (Wildman–Crippen MR) is 116 cm³/mol. The second-order valence-electron chi connectivity index (χ2n) is 7.75. The first kappa shape index (κ1) is 21.3. The molecular formula is C22H27N5O3. The zero-order chi connectivity index (χ0) is 21.9. The number of pyridine rings is 1. The highest BCUT2D eigenvalue weighted by Crippen LogP contribution is 2.32. The number of nitrogens with one attached hydrogen (secondary N) is 2. The molecule has 3 aromatic rings. The summed E-state index contributed by atoms with van der Waals surface area (Å²) in [5.74, 6) is 0.444. The van der Waals surface area contributed by atoms with Crippen molar-refractivity contribution in [3.63, 3.8) is 0 Å². The van der Waals surface area contributed by atoms with E-state index >= 15 is 0 Å². The summed E-state index contributed by atoms with van der Waals surface area (Å²) >= 11 is 0. The van der Waals surface area contributed by atoms with Crippen molar-refractivity contribution in [1.29, 1.82) is 0 Å². The van der Waals surface area contributed by atoms with Crippen LogP contribution in [0.2, 0.25) is 0 Å². The molecule has 8 nitrogen and oxygen atoms in total. The summed E-state index contributed by atoms with van der Waals surface area (Å²) in [6.07, 6.45) is 1.55. The molecule has 0 aliphatic carbocycles. The fourth-order valence-electron chi connectivity index (χ4n) is 3.28. The van der Waals surface area contributed by atoms with Crippen molar-refractivity contribution in [2.24, 2.45) is 0 Å². The molecule has 30 heavy (non-hydrogen) atoms. The summed E-state index contributed by atoms with van der Waals surface area (Å²) in [4.78, 5) is 15.9. The number of nitrogens with zero attached hydrogens (tertiary/aromatic N) is 3. The minimum atomic E-state index is -1.06. The number of carbonyl (C=O) groups is 1. The molecule has 0 amide bonds. The van der Waals surface area contributed by atoms with Gasteiger partial charge in [0.05, 0.1) is 12.8 Å². The minimum absolute atomic E-state index is 0.0810. The van der Waals surface area contributed by atoms with Crippen LogP contribution in [0.3, 0.4) is 0 Å². The van der Waals surface area contributed by atoms with E-state index in [0.717, 1.165) is 23.5 Å². The highest BCUT2D eigenvalue weighted by atomic mass is 16.5. The van der Waals surface area contributed by atoms with Crippen LogP contribution in [0.4, 0.5) is 11.6 Å². The van der Waals surface area contributed by atoms with Crippen molar-refractivity contribution in [2.75, 3.05) is 26.0 Å². The zero-order valence-corrected chi connectivity index (χ0v) is 17.9. The molecular weight excluding hydrogens is 382 g/mol. The molecule has 8 heteroatoms. The van der Waals surface area contributed by atoms with Gasteiger partial charge in [-0.3, -0.25) is 0 Å². The Kier molecular flexibility index (Phi) is 6.07. The molecule has 0 saturated heterocycles. The van der Waals surface area contributed by atoms with Gasteiger partial charge in [0.2, 0.25) is 0 Å². The van der Waals surface area contributed by atoms with E-state index in [0.29, 0.717) is 11.6 Å². The number of aromatic carboxylic acids is 1. The molecule has 158 valence electrons. The summed E-state index contributed by atoms with van der Waals surface area (Å²) in [5.41, 5.74) is 2.47. The van der Waals surface area contributed by atoms with Crippen LogP contribution in [0.15, 0.2) is 42.6 Å². The third-order valence-electron chi connectivity index (χ3n) is 4.87. The lowest BCUT2D eigenvalue weighted by atomic mass is 9.89. The van der Waals surface area contributed by atoms with E-state index in [1.165, 1.54) is 6.07 Å². The van der Waals surface area contributed by atoms with E-state index in [9.17, 15) is 9.90 Å². The average Bonchev–Trinajstić information content (AvgIpc) is 3.13. The van der Waals surface area contributed by atoms with E-state index in [1.807, 2.05) is 38.2 Å². The van der Waals surface area contributed by atoms with E-state index in [2.05, 4.69) is 29.5 Å². The maximum atomic E-state index is 11.6. The number of hydrogen-bond donors (Lipinski definition) is 3.